The van der Waals surface area contributed by atoms with E-state index in [1.54, 1.807) is 18.3 Å². The third kappa shape index (κ3) is 3.25. The molecule has 1 amide bonds. The van der Waals surface area contributed by atoms with E-state index in [-0.39, 0.29) is 0 Å². The van der Waals surface area contributed by atoms with Gasteiger partial charge in [0.2, 0.25) is 0 Å². The highest BCUT2D eigenvalue weighted by atomic mass is 35.5. The maximum Gasteiger partial charge on any atom is 0.405 e. The van der Waals surface area contributed by atoms with Gasteiger partial charge in [0.1, 0.15) is 16.5 Å². The first-order chi connectivity index (χ1) is 15.0. The van der Waals surface area contributed by atoms with Crippen molar-refractivity contribution in [3.05, 3.63) is 65.4 Å². The van der Waals surface area contributed by atoms with Crippen LogP contribution in [0.15, 0.2) is 54.7 Å². The Bertz CT molecular complexity index is 1300. The lowest BCUT2D eigenvalue weighted by Crippen LogP contribution is -2.50. The number of nitrogens with two attached hydrogens (primary N) is 1. The predicted octanol–water partition coefficient (Wildman–Crippen LogP) is 4.36. The summed E-state index contributed by atoms with van der Waals surface area (Å²) in [6, 6.07) is 14.9. The van der Waals surface area contributed by atoms with Crippen LogP contribution in [0.5, 0.6) is 0 Å². The monoisotopic (exact) mass is 434 g/mol. The fraction of sp³-hybridized carbons (Fsp3) is 0.182. The van der Waals surface area contributed by atoms with Crippen molar-refractivity contribution in [2.45, 2.75) is 24.8 Å². The van der Waals surface area contributed by atoms with Gasteiger partial charge >= 0.3 is 6.09 Å². The van der Waals surface area contributed by atoms with E-state index in [1.807, 2.05) is 41.0 Å². The summed E-state index contributed by atoms with van der Waals surface area (Å²) >= 11 is 6.17. The standard InChI is InChI=1S/C22H19ClN6O2/c23-17-9-8-16-20(27-17)29(19(26-16)15-3-1-12-25-18(15)24)14-6-4-13(5-7-14)22(10-2-11-22)28-21(30)31/h1,3-9,12,28H,2,10-11H2,(H2,24,25)(H,30,31). The van der Waals surface area contributed by atoms with Gasteiger partial charge in [-0.15, -0.1) is 0 Å². The molecule has 3 heterocycles. The van der Waals surface area contributed by atoms with E-state index >= 15 is 0 Å². The topological polar surface area (TPSA) is 119 Å². The van der Waals surface area contributed by atoms with E-state index in [0.717, 1.165) is 30.5 Å². The second-order valence-electron chi connectivity index (χ2n) is 7.60. The molecular weight excluding hydrogens is 416 g/mol. The Balaban J connectivity index is 1.66. The highest BCUT2D eigenvalue weighted by Gasteiger charge is 2.40. The van der Waals surface area contributed by atoms with Crippen LogP contribution in [0.3, 0.4) is 0 Å². The van der Waals surface area contributed by atoms with Gasteiger partial charge in [0, 0.05) is 11.9 Å². The Hall–Kier alpha value is -3.65. The van der Waals surface area contributed by atoms with E-state index in [0.29, 0.717) is 33.5 Å². The van der Waals surface area contributed by atoms with Crippen molar-refractivity contribution in [1.29, 1.82) is 0 Å². The van der Waals surface area contributed by atoms with Gasteiger partial charge in [-0.05, 0) is 61.2 Å². The predicted molar refractivity (Wildman–Crippen MR) is 118 cm³/mol. The maximum absolute atomic E-state index is 11.3. The van der Waals surface area contributed by atoms with Crippen LogP contribution >= 0.6 is 11.6 Å². The number of carbonyl (C=O) groups is 1. The van der Waals surface area contributed by atoms with Gasteiger partial charge < -0.3 is 16.2 Å². The van der Waals surface area contributed by atoms with Crippen LogP contribution in [0.1, 0.15) is 24.8 Å². The number of aromatic nitrogens is 4. The molecule has 4 aromatic rings. The summed E-state index contributed by atoms with van der Waals surface area (Å²) in [7, 11) is 0. The Labute approximate surface area is 182 Å². The number of imidazole rings is 1. The molecule has 0 spiro atoms. The number of carboxylic acid groups (broad SMARTS) is 1. The molecule has 156 valence electrons. The summed E-state index contributed by atoms with van der Waals surface area (Å²) in [4.78, 5) is 24.7. The van der Waals surface area contributed by atoms with Crippen molar-refractivity contribution in [1.82, 2.24) is 24.8 Å². The van der Waals surface area contributed by atoms with Gasteiger partial charge in [0.15, 0.2) is 11.5 Å². The molecule has 0 atom stereocenters. The number of halogens is 1. The fourth-order valence-electron chi connectivity index (χ4n) is 4.12. The van der Waals surface area contributed by atoms with Crippen LogP contribution in [0.4, 0.5) is 10.6 Å². The molecule has 31 heavy (non-hydrogen) atoms. The first-order valence-electron chi connectivity index (χ1n) is 9.85. The SMILES string of the molecule is Nc1ncccc1-c1nc2ccc(Cl)nc2n1-c1ccc(C2(NC(=O)O)CCC2)cc1. The van der Waals surface area contributed by atoms with Crippen molar-refractivity contribution < 1.29 is 9.90 Å². The van der Waals surface area contributed by atoms with Crippen molar-refractivity contribution in [3.8, 4) is 17.1 Å². The quantitative estimate of drug-likeness (QED) is 0.410. The average molecular weight is 435 g/mol. The summed E-state index contributed by atoms with van der Waals surface area (Å²) in [5.41, 5.74) is 9.30. The van der Waals surface area contributed by atoms with Gasteiger partial charge in [0.05, 0.1) is 11.1 Å². The average Bonchev–Trinajstić information content (AvgIpc) is 3.09. The largest absolute Gasteiger partial charge is 0.465 e. The lowest BCUT2D eigenvalue weighted by atomic mass is 9.72. The fourth-order valence-corrected chi connectivity index (χ4v) is 4.26. The van der Waals surface area contributed by atoms with Crippen LogP contribution in [-0.2, 0) is 5.54 Å². The number of nitrogen functional groups attached to an aromatic ring is 1. The van der Waals surface area contributed by atoms with Crippen molar-refractivity contribution in [2.75, 3.05) is 5.73 Å². The zero-order chi connectivity index (χ0) is 21.6. The first kappa shape index (κ1) is 19.3. The Morgan fingerprint density at radius 1 is 1.13 bits per heavy atom. The molecule has 4 N–H and O–H groups in total. The van der Waals surface area contributed by atoms with Gasteiger partial charge in [-0.2, -0.15) is 0 Å². The van der Waals surface area contributed by atoms with Crippen LogP contribution in [0, 0.1) is 0 Å². The van der Waals surface area contributed by atoms with Gasteiger partial charge in [0.25, 0.3) is 0 Å². The molecular formula is C22H19ClN6O2. The van der Waals surface area contributed by atoms with E-state index in [4.69, 9.17) is 22.3 Å². The van der Waals surface area contributed by atoms with Crippen molar-refractivity contribution >= 4 is 34.7 Å². The number of nitrogens with zero attached hydrogens (tertiary/aromatic N) is 4. The van der Waals surface area contributed by atoms with E-state index in [1.165, 1.54) is 0 Å². The third-order valence-electron chi connectivity index (χ3n) is 5.78. The van der Waals surface area contributed by atoms with Crippen LogP contribution < -0.4 is 11.1 Å². The zero-order valence-corrected chi connectivity index (χ0v) is 17.2. The number of rotatable bonds is 4. The van der Waals surface area contributed by atoms with E-state index in [2.05, 4.69) is 15.3 Å². The molecule has 0 bridgehead atoms. The van der Waals surface area contributed by atoms with Crippen molar-refractivity contribution in [3.63, 3.8) is 0 Å². The van der Waals surface area contributed by atoms with Gasteiger partial charge in [-0.1, -0.05) is 23.7 Å². The number of pyridine rings is 2. The Morgan fingerprint density at radius 3 is 2.55 bits per heavy atom. The highest BCUT2D eigenvalue weighted by Crippen LogP contribution is 2.41. The third-order valence-corrected chi connectivity index (χ3v) is 5.99. The summed E-state index contributed by atoms with van der Waals surface area (Å²) < 4.78 is 1.89. The van der Waals surface area contributed by atoms with Gasteiger partial charge in [-0.3, -0.25) is 4.57 Å². The lowest BCUT2D eigenvalue weighted by molar-refractivity contribution is 0.144. The van der Waals surface area contributed by atoms with Crippen LogP contribution in [0.2, 0.25) is 5.15 Å². The Kier molecular flexibility index (Phi) is 4.51. The molecule has 3 aromatic heterocycles. The highest BCUT2D eigenvalue weighted by molar-refractivity contribution is 6.29. The van der Waals surface area contributed by atoms with E-state index < -0.39 is 11.6 Å². The summed E-state index contributed by atoms with van der Waals surface area (Å²) in [5.74, 6) is 0.964. The molecule has 0 aliphatic heterocycles. The minimum atomic E-state index is -1.02. The number of fused-ring (bicyclic) bond motifs is 1. The maximum atomic E-state index is 11.3. The zero-order valence-electron chi connectivity index (χ0n) is 16.4. The molecule has 5 rings (SSSR count). The van der Waals surface area contributed by atoms with Gasteiger partial charge in [-0.25, -0.2) is 19.7 Å². The number of nitrogens with one attached hydrogen (secondary N) is 1. The second-order valence-corrected chi connectivity index (χ2v) is 7.98. The summed E-state index contributed by atoms with van der Waals surface area (Å²) in [6.07, 6.45) is 3.16. The molecule has 1 aliphatic rings. The molecule has 0 unspecified atom stereocenters. The normalized spacial score (nSPS) is 14.9. The molecule has 1 aromatic carbocycles. The molecule has 9 heteroatoms. The number of benzene rings is 1. The minimum absolute atomic E-state index is 0.357. The molecule has 0 radical (unpaired) electrons. The molecule has 0 saturated heterocycles. The van der Waals surface area contributed by atoms with E-state index in [9.17, 15) is 9.90 Å². The molecule has 1 saturated carbocycles. The Morgan fingerprint density at radius 2 is 1.90 bits per heavy atom. The second kappa shape index (κ2) is 7.24. The summed E-state index contributed by atoms with van der Waals surface area (Å²) in [5, 5.41) is 12.3. The van der Waals surface area contributed by atoms with Crippen molar-refractivity contribution in [2.24, 2.45) is 0 Å². The van der Waals surface area contributed by atoms with Crippen LogP contribution in [0.25, 0.3) is 28.2 Å². The number of anilines is 1. The molecule has 8 nitrogen and oxygen atoms in total. The minimum Gasteiger partial charge on any atom is -0.465 e. The number of hydrogen-bond donors (Lipinski definition) is 3. The number of amides is 1. The lowest BCUT2D eigenvalue weighted by Gasteiger charge is -2.42. The smallest absolute Gasteiger partial charge is 0.405 e. The molecule has 1 aliphatic carbocycles. The first-order valence-corrected chi connectivity index (χ1v) is 10.2. The van der Waals surface area contributed by atoms with Crippen LogP contribution in [-0.4, -0.2) is 30.7 Å². The number of hydrogen-bond acceptors (Lipinski definition) is 5. The molecule has 1 fully saturated rings. The summed E-state index contributed by atoms with van der Waals surface area (Å²) in [6.45, 7) is 0.